The number of hydrazine groups is 1. The Morgan fingerprint density at radius 1 is 1.06 bits per heavy atom. The minimum Gasteiger partial charge on any atom is -0.494 e. The van der Waals surface area contributed by atoms with Gasteiger partial charge in [0.2, 0.25) is 0 Å². The summed E-state index contributed by atoms with van der Waals surface area (Å²) in [4.78, 5) is 24.2. The van der Waals surface area contributed by atoms with Gasteiger partial charge >= 0.3 is 0 Å². The number of nitrogens with one attached hydrogen (secondary N) is 2. The van der Waals surface area contributed by atoms with Gasteiger partial charge in [0.1, 0.15) is 11.8 Å². The van der Waals surface area contributed by atoms with Gasteiger partial charge in [0.15, 0.2) is 18.1 Å². The molecular weight excluding hydrogens is 410 g/mol. The SMILES string of the molecule is COc1cc(/C=C/C(=O)NNC(=O)c2ccc(OCCC(C)C)cc2)ccc1OCC#N. The van der Waals surface area contributed by atoms with Crippen molar-refractivity contribution in [2.45, 2.75) is 20.3 Å². The van der Waals surface area contributed by atoms with Gasteiger partial charge in [0.05, 0.1) is 13.7 Å². The number of amides is 2. The van der Waals surface area contributed by atoms with Crippen molar-refractivity contribution in [3.8, 4) is 23.3 Å². The van der Waals surface area contributed by atoms with Crippen molar-refractivity contribution < 1.29 is 23.8 Å². The number of carbonyl (C=O) groups excluding carboxylic acids is 2. The summed E-state index contributed by atoms with van der Waals surface area (Å²) in [5.41, 5.74) is 5.77. The van der Waals surface area contributed by atoms with Gasteiger partial charge in [0, 0.05) is 11.6 Å². The van der Waals surface area contributed by atoms with Crippen LogP contribution in [0.15, 0.2) is 48.5 Å². The van der Waals surface area contributed by atoms with E-state index in [1.807, 2.05) is 6.07 Å². The van der Waals surface area contributed by atoms with Gasteiger partial charge in [-0.05, 0) is 60.4 Å². The van der Waals surface area contributed by atoms with Crippen molar-refractivity contribution in [1.29, 1.82) is 5.26 Å². The maximum Gasteiger partial charge on any atom is 0.269 e. The van der Waals surface area contributed by atoms with Crippen molar-refractivity contribution >= 4 is 17.9 Å². The molecule has 8 nitrogen and oxygen atoms in total. The van der Waals surface area contributed by atoms with Gasteiger partial charge in [-0.3, -0.25) is 20.4 Å². The van der Waals surface area contributed by atoms with E-state index in [-0.39, 0.29) is 6.61 Å². The lowest BCUT2D eigenvalue weighted by atomic mass is 10.1. The van der Waals surface area contributed by atoms with Crippen molar-refractivity contribution in [3.63, 3.8) is 0 Å². The Bertz CT molecular complexity index is 978. The number of ether oxygens (including phenoxy) is 3. The van der Waals surface area contributed by atoms with Crippen LogP contribution in [0.25, 0.3) is 6.08 Å². The Balaban J connectivity index is 1.85. The zero-order chi connectivity index (χ0) is 23.3. The molecule has 0 saturated heterocycles. The summed E-state index contributed by atoms with van der Waals surface area (Å²) in [6.45, 7) is 4.77. The highest BCUT2D eigenvalue weighted by molar-refractivity contribution is 5.98. The standard InChI is InChI=1S/C24H27N3O5/c1-17(2)12-14-31-20-8-6-19(7-9-20)24(29)27-26-23(28)11-5-18-4-10-21(32-15-13-25)22(16-18)30-3/h4-11,16-17H,12,14-15H2,1-3H3,(H,26,28)(H,27,29)/b11-5+. The van der Waals surface area contributed by atoms with Crippen molar-refractivity contribution in [3.05, 3.63) is 59.7 Å². The van der Waals surface area contributed by atoms with Crippen LogP contribution in [0.3, 0.4) is 0 Å². The summed E-state index contributed by atoms with van der Waals surface area (Å²) in [5.74, 6) is 1.17. The summed E-state index contributed by atoms with van der Waals surface area (Å²) in [5, 5.41) is 8.61. The number of nitriles is 1. The minimum atomic E-state index is -0.504. The molecular formula is C24H27N3O5. The first-order chi connectivity index (χ1) is 15.4. The molecule has 0 heterocycles. The molecule has 0 aliphatic rings. The molecule has 0 spiro atoms. The Labute approximate surface area is 187 Å². The lowest BCUT2D eigenvalue weighted by Crippen LogP contribution is -2.40. The largest absolute Gasteiger partial charge is 0.494 e. The molecule has 2 N–H and O–H groups in total. The van der Waals surface area contributed by atoms with Gasteiger partial charge in [0.25, 0.3) is 11.8 Å². The van der Waals surface area contributed by atoms with Crippen LogP contribution < -0.4 is 25.1 Å². The molecule has 0 radical (unpaired) electrons. The summed E-state index contributed by atoms with van der Waals surface area (Å²) >= 11 is 0. The second kappa shape index (κ2) is 12.6. The predicted molar refractivity (Wildman–Crippen MR) is 120 cm³/mol. The van der Waals surface area contributed by atoms with E-state index in [1.165, 1.54) is 13.2 Å². The second-order valence-corrected chi connectivity index (χ2v) is 7.19. The van der Waals surface area contributed by atoms with Gasteiger partial charge in [-0.2, -0.15) is 5.26 Å². The average Bonchev–Trinajstić information content (AvgIpc) is 2.80. The Kier molecular flexibility index (Phi) is 9.60. The van der Waals surface area contributed by atoms with E-state index < -0.39 is 11.8 Å². The van der Waals surface area contributed by atoms with Crippen LogP contribution in [0.4, 0.5) is 0 Å². The molecule has 0 aliphatic heterocycles. The molecule has 0 bridgehead atoms. The lowest BCUT2D eigenvalue weighted by Gasteiger charge is -2.09. The van der Waals surface area contributed by atoms with Crippen LogP contribution in [0.5, 0.6) is 17.2 Å². The number of benzene rings is 2. The van der Waals surface area contributed by atoms with E-state index in [4.69, 9.17) is 19.5 Å². The molecule has 0 unspecified atom stereocenters. The van der Waals surface area contributed by atoms with Crippen molar-refractivity contribution in [2.24, 2.45) is 5.92 Å². The van der Waals surface area contributed by atoms with Crippen LogP contribution in [0, 0.1) is 17.2 Å². The van der Waals surface area contributed by atoms with Gasteiger partial charge < -0.3 is 14.2 Å². The molecule has 0 aliphatic carbocycles. The fourth-order valence-corrected chi connectivity index (χ4v) is 2.54. The topological polar surface area (TPSA) is 110 Å². The molecule has 2 aromatic carbocycles. The first-order valence-corrected chi connectivity index (χ1v) is 10.1. The van der Waals surface area contributed by atoms with E-state index in [1.54, 1.807) is 48.5 Å². The summed E-state index contributed by atoms with van der Waals surface area (Å²) < 4.78 is 16.1. The highest BCUT2D eigenvalue weighted by Gasteiger charge is 2.08. The van der Waals surface area contributed by atoms with Crippen LogP contribution >= 0.6 is 0 Å². The first kappa shape index (κ1) is 24.3. The predicted octanol–water partition coefficient (Wildman–Crippen LogP) is 3.50. The van der Waals surface area contributed by atoms with Crippen molar-refractivity contribution in [2.75, 3.05) is 20.3 Å². The number of nitrogens with zero attached hydrogens (tertiary/aromatic N) is 1. The number of methoxy groups -OCH3 is 1. The first-order valence-electron chi connectivity index (χ1n) is 10.1. The Hall–Kier alpha value is -3.99. The molecule has 2 amide bonds. The fraction of sp³-hybridized carbons (Fsp3) is 0.292. The molecule has 2 aromatic rings. The molecule has 0 aromatic heterocycles. The van der Waals surface area contributed by atoms with E-state index in [0.29, 0.717) is 40.9 Å². The quantitative estimate of drug-likeness (QED) is 0.435. The Morgan fingerprint density at radius 3 is 2.47 bits per heavy atom. The lowest BCUT2D eigenvalue weighted by molar-refractivity contribution is -0.117. The zero-order valence-electron chi connectivity index (χ0n) is 18.4. The highest BCUT2D eigenvalue weighted by Crippen LogP contribution is 2.28. The summed E-state index contributed by atoms with van der Waals surface area (Å²) in [7, 11) is 1.48. The fourth-order valence-electron chi connectivity index (χ4n) is 2.54. The zero-order valence-corrected chi connectivity index (χ0v) is 18.4. The van der Waals surface area contributed by atoms with Gasteiger partial charge in [-0.25, -0.2) is 0 Å². The maximum absolute atomic E-state index is 12.2. The van der Waals surface area contributed by atoms with E-state index in [2.05, 4.69) is 24.7 Å². The van der Waals surface area contributed by atoms with Gasteiger partial charge in [-0.1, -0.05) is 19.9 Å². The molecule has 0 fully saturated rings. The normalized spacial score (nSPS) is 10.5. The van der Waals surface area contributed by atoms with E-state index in [9.17, 15) is 9.59 Å². The summed E-state index contributed by atoms with van der Waals surface area (Å²) in [6, 6.07) is 13.6. The van der Waals surface area contributed by atoms with Crippen LogP contribution in [0.2, 0.25) is 0 Å². The third-order valence-electron chi connectivity index (χ3n) is 4.29. The molecule has 8 heteroatoms. The molecule has 0 saturated carbocycles. The van der Waals surface area contributed by atoms with E-state index in [0.717, 1.165) is 6.42 Å². The third-order valence-corrected chi connectivity index (χ3v) is 4.29. The minimum absolute atomic E-state index is 0.0957. The number of rotatable bonds is 10. The number of hydrogen-bond acceptors (Lipinski definition) is 6. The third kappa shape index (κ3) is 8.03. The highest BCUT2D eigenvalue weighted by atomic mass is 16.5. The molecule has 0 atom stereocenters. The van der Waals surface area contributed by atoms with Gasteiger partial charge in [-0.15, -0.1) is 0 Å². The van der Waals surface area contributed by atoms with Crippen molar-refractivity contribution in [1.82, 2.24) is 10.9 Å². The molecule has 32 heavy (non-hydrogen) atoms. The average molecular weight is 437 g/mol. The number of hydrogen-bond donors (Lipinski definition) is 2. The molecule has 168 valence electrons. The molecule has 2 rings (SSSR count). The maximum atomic E-state index is 12.2. The second-order valence-electron chi connectivity index (χ2n) is 7.19. The van der Waals surface area contributed by atoms with Crippen LogP contribution in [-0.4, -0.2) is 32.1 Å². The number of carbonyl (C=O) groups is 2. The van der Waals surface area contributed by atoms with Crippen LogP contribution in [0.1, 0.15) is 36.2 Å². The van der Waals surface area contributed by atoms with Crippen LogP contribution in [-0.2, 0) is 4.79 Å². The summed E-state index contributed by atoms with van der Waals surface area (Å²) in [6.07, 6.45) is 3.78. The van der Waals surface area contributed by atoms with E-state index >= 15 is 0 Å². The smallest absolute Gasteiger partial charge is 0.269 e. The monoisotopic (exact) mass is 437 g/mol. The Morgan fingerprint density at radius 2 is 1.81 bits per heavy atom.